The molecule has 0 aliphatic carbocycles. The Hall–Kier alpha value is -3.07. The summed E-state index contributed by atoms with van der Waals surface area (Å²) < 4.78 is 18.3. The summed E-state index contributed by atoms with van der Waals surface area (Å²) in [6.45, 7) is 1.65. The van der Waals surface area contributed by atoms with Crippen molar-refractivity contribution in [3.63, 3.8) is 0 Å². The van der Waals surface area contributed by atoms with Crippen LogP contribution in [0.2, 0.25) is 0 Å². The van der Waals surface area contributed by atoms with Gasteiger partial charge < -0.3 is 20.7 Å². The minimum absolute atomic E-state index is 0.0772. The molecule has 1 aliphatic heterocycles. The fourth-order valence-electron chi connectivity index (χ4n) is 2.45. The van der Waals surface area contributed by atoms with Gasteiger partial charge in [-0.15, -0.1) is 11.8 Å². The first-order valence-corrected chi connectivity index (χ1v) is 9.61. The van der Waals surface area contributed by atoms with E-state index in [0.717, 1.165) is 11.8 Å². The highest BCUT2D eigenvalue weighted by atomic mass is 32.2. The summed E-state index contributed by atoms with van der Waals surface area (Å²) in [5.41, 5.74) is 1.50. The van der Waals surface area contributed by atoms with Gasteiger partial charge in [0, 0.05) is 11.4 Å². The molecule has 3 amide bonds. The van der Waals surface area contributed by atoms with E-state index in [1.807, 2.05) is 0 Å². The molecular weight excluding hydrogens is 385 g/mol. The van der Waals surface area contributed by atoms with Crippen LogP contribution in [0.3, 0.4) is 0 Å². The number of ether oxygens (including phenoxy) is 1. The van der Waals surface area contributed by atoms with Crippen LogP contribution in [-0.2, 0) is 14.4 Å². The number of anilines is 3. The topological polar surface area (TPSA) is 96.5 Å². The summed E-state index contributed by atoms with van der Waals surface area (Å²) in [6.07, 6.45) is -0.564. The molecule has 7 nitrogen and oxygen atoms in total. The van der Waals surface area contributed by atoms with E-state index in [-0.39, 0.29) is 35.0 Å². The SMILES string of the molecule is C[C@@H]1Oc2ccc(NC(=O)CSCC(=O)Nc3ccc(F)cc3)cc2NC1=O. The van der Waals surface area contributed by atoms with E-state index in [4.69, 9.17) is 4.74 Å². The smallest absolute Gasteiger partial charge is 0.265 e. The number of nitrogens with one attached hydrogen (secondary N) is 3. The molecule has 1 heterocycles. The van der Waals surface area contributed by atoms with E-state index in [9.17, 15) is 18.8 Å². The Morgan fingerprint density at radius 2 is 1.68 bits per heavy atom. The van der Waals surface area contributed by atoms with Crippen LogP contribution < -0.4 is 20.7 Å². The van der Waals surface area contributed by atoms with Crippen molar-refractivity contribution >= 4 is 46.5 Å². The van der Waals surface area contributed by atoms with Crippen LogP contribution in [0, 0.1) is 5.82 Å². The first-order valence-electron chi connectivity index (χ1n) is 8.45. The Labute approximate surface area is 165 Å². The summed E-state index contributed by atoms with van der Waals surface area (Å²) in [5.74, 6) is -0.504. The minimum atomic E-state index is -0.564. The van der Waals surface area contributed by atoms with Gasteiger partial charge in [0.15, 0.2) is 6.10 Å². The van der Waals surface area contributed by atoms with Crippen molar-refractivity contribution < 1.29 is 23.5 Å². The Balaban J connectivity index is 1.44. The zero-order chi connectivity index (χ0) is 20.1. The number of amides is 3. The van der Waals surface area contributed by atoms with Gasteiger partial charge in [0.05, 0.1) is 17.2 Å². The molecular formula is C19H18FN3O4S. The summed E-state index contributed by atoms with van der Waals surface area (Å²) in [5, 5.41) is 8.04. The number of halogens is 1. The molecule has 1 atom stereocenters. The van der Waals surface area contributed by atoms with Crippen LogP contribution in [0.4, 0.5) is 21.5 Å². The highest BCUT2D eigenvalue weighted by Gasteiger charge is 2.23. The summed E-state index contributed by atoms with van der Waals surface area (Å²) in [7, 11) is 0. The number of carbonyl (C=O) groups excluding carboxylic acids is 3. The van der Waals surface area contributed by atoms with Crippen molar-refractivity contribution in [3.05, 3.63) is 48.3 Å². The lowest BCUT2D eigenvalue weighted by molar-refractivity contribution is -0.122. The molecule has 146 valence electrons. The van der Waals surface area contributed by atoms with Crippen LogP contribution in [0.1, 0.15) is 6.92 Å². The molecule has 1 aliphatic rings. The molecule has 3 rings (SSSR count). The van der Waals surface area contributed by atoms with Gasteiger partial charge in [-0.25, -0.2) is 4.39 Å². The van der Waals surface area contributed by atoms with Gasteiger partial charge >= 0.3 is 0 Å². The van der Waals surface area contributed by atoms with Crippen LogP contribution in [0.25, 0.3) is 0 Å². The molecule has 9 heteroatoms. The molecule has 3 N–H and O–H groups in total. The largest absolute Gasteiger partial charge is 0.479 e. The van der Waals surface area contributed by atoms with Gasteiger partial charge in [-0.3, -0.25) is 14.4 Å². The average Bonchev–Trinajstić information content (AvgIpc) is 2.65. The number of thioether (sulfide) groups is 1. The van der Waals surface area contributed by atoms with Gasteiger partial charge in [-0.1, -0.05) is 0 Å². The van der Waals surface area contributed by atoms with Crippen molar-refractivity contribution in [3.8, 4) is 5.75 Å². The molecule has 28 heavy (non-hydrogen) atoms. The fraction of sp³-hybridized carbons (Fsp3) is 0.211. The van der Waals surface area contributed by atoms with Crippen molar-refractivity contribution in [2.75, 3.05) is 27.5 Å². The first-order chi connectivity index (χ1) is 13.4. The standard InChI is InChI=1S/C19H18FN3O4S/c1-11-19(26)23-15-8-14(6-7-16(15)27-11)22-18(25)10-28-9-17(24)21-13-4-2-12(20)3-5-13/h2-8,11H,9-10H2,1H3,(H,21,24)(H,22,25)(H,23,26)/t11-/m0/s1. The molecule has 0 aromatic heterocycles. The number of hydrogen-bond donors (Lipinski definition) is 3. The Bertz CT molecular complexity index is 905. The number of fused-ring (bicyclic) bond motifs is 1. The molecule has 0 unspecified atom stereocenters. The summed E-state index contributed by atoms with van der Waals surface area (Å²) in [4.78, 5) is 35.6. The molecule has 0 fully saturated rings. The van der Waals surface area contributed by atoms with Crippen molar-refractivity contribution in [1.29, 1.82) is 0 Å². The molecule has 0 saturated heterocycles. The van der Waals surface area contributed by atoms with Crippen molar-refractivity contribution in [1.82, 2.24) is 0 Å². The third-order valence-electron chi connectivity index (χ3n) is 3.79. The van der Waals surface area contributed by atoms with E-state index in [0.29, 0.717) is 22.8 Å². The van der Waals surface area contributed by atoms with E-state index in [2.05, 4.69) is 16.0 Å². The lowest BCUT2D eigenvalue weighted by Gasteiger charge is -2.23. The van der Waals surface area contributed by atoms with Crippen LogP contribution >= 0.6 is 11.8 Å². The third-order valence-corrected chi connectivity index (χ3v) is 4.72. The quantitative estimate of drug-likeness (QED) is 0.689. The monoisotopic (exact) mass is 403 g/mol. The summed E-state index contributed by atoms with van der Waals surface area (Å²) >= 11 is 1.15. The molecule has 2 aromatic carbocycles. The van der Waals surface area contributed by atoms with Crippen LogP contribution in [-0.4, -0.2) is 35.3 Å². The van der Waals surface area contributed by atoms with Gasteiger partial charge in [-0.2, -0.15) is 0 Å². The second-order valence-electron chi connectivity index (χ2n) is 6.06. The van der Waals surface area contributed by atoms with Crippen LogP contribution in [0.15, 0.2) is 42.5 Å². The van der Waals surface area contributed by atoms with Gasteiger partial charge in [-0.05, 0) is 49.4 Å². The second kappa shape index (κ2) is 8.75. The molecule has 2 aromatic rings. The summed E-state index contributed by atoms with van der Waals surface area (Å²) in [6, 6.07) is 10.4. The maximum absolute atomic E-state index is 12.8. The van der Waals surface area contributed by atoms with Crippen molar-refractivity contribution in [2.24, 2.45) is 0 Å². The number of benzene rings is 2. The molecule has 0 spiro atoms. The molecule has 0 saturated carbocycles. The Kier molecular flexibility index (Phi) is 6.15. The minimum Gasteiger partial charge on any atom is -0.479 e. The maximum Gasteiger partial charge on any atom is 0.265 e. The molecule has 0 radical (unpaired) electrons. The third kappa shape index (κ3) is 5.23. The fourth-order valence-corrected chi connectivity index (χ4v) is 3.07. The second-order valence-corrected chi connectivity index (χ2v) is 7.04. The molecule has 0 bridgehead atoms. The normalized spacial score (nSPS) is 15.1. The van der Waals surface area contributed by atoms with Gasteiger partial charge in [0.25, 0.3) is 5.91 Å². The predicted octanol–water partition coefficient (Wildman–Crippen LogP) is 2.86. The highest BCUT2D eigenvalue weighted by Crippen LogP contribution is 2.32. The average molecular weight is 403 g/mol. The zero-order valence-electron chi connectivity index (χ0n) is 15.0. The number of carbonyl (C=O) groups is 3. The van der Waals surface area contributed by atoms with E-state index < -0.39 is 6.10 Å². The van der Waals surface area contributed by atoms with Gasteiger partial charge in [0.1, 0.15) is 11.6 Å². The van der Waals surface area contributed by atoms with E-state index in [1.54, 1.807) is 25.1 Å². The Morgan fingerprint density at radius 3 is 2.36 bits per heavy atom. The highest BCUT2D eigenvalue weighted by molar-refractivity contribution is 8.00. The lowest BCUT2D eigenvalue weighted by Crippen LogP contribution is -2.34. The lowest BCUT2D eigenvalue weighted by atomic mass is 10.2. The van der Waals surface area contributed by atoms with Gasteiger partial charge in [0.2, 0.25) is 11.8 Å². The maximum atomic E-state index is 12.8. The van der Waals surface area contributed by atoms with E-state index in [1.165, 1.54) is 24.3 Å². The van der Waals surface area contributed by atoms with Crippen molar-refractivity contribution in [2.45, 2.75) is 13.0 Å². The van der Waals surface area contributed by atoms with E-state index >= 15 is 0 Å². The predicted molar refractivity (Wildman–Crippen MR) is 106 cm³/mol. The van der Waals surface area contributed by atoms with Crippen LogP contribution in [0.5, 0.6) is 5.75 Å². The first kappa shape index (κ1) is 19.7. The number of hydrogen-bond acceptors (Lipinski definition) is 5. The Morgan fingerprint density at radius 1 is 1.07 bits per heavy atom. The number of rotatable bonds is 6. The zero-order valence-corrected chi connectivity index (χ0v) is 15.8.